The second-order valence-corrected chi connectivity index (χ2v) is 9.26. The number of aryl methyl sites for hydroxylation is 2. The van der Waals surface area contributed by atoms with Crippen LogP contribution in [-0.4, -0.2) is 26.9 Å². The number of hydrogen-bond acceptors (Lipinski definition) is 3. The van der Waals surface area contributed by atoms with E-state index in [-0.39, 0.29) is 11.7 Å². The third-order valence-corrected chi connectivity index (χ3v) is 6.51. The number of aromatic nitrogens is 2. The molecule has 5 nitrogen and oxygen atoms in total. The summed E-state index contributed by atoms with van der Waals surface area (Å²) in [5.41, 5.74) is 4.74. The van der Waals surface area contributed by atoms with E-state index in [1.807, 2.05) is 60.4 Å². The van der Waals surface area contributed by atoms with Gasteiger partial charge in [0.15, 0.2) is 0 Å². The summed E-state index contributed by atoms with van der Waals surface area (Å²) in [6.45, 7) is 3.70. The normalized spacial score (nSPS) is 12.9. The quantitative estimate of drug-likeness (QED) is 0.343. The molecule has 0 saturated heterocycles. The van der Waals surface area contributed by atoms with Crippen molar-refractivity contribution in [3.63, 3.8) is 0 Å². The van der Waals surface area contributed by atoms with Gasteiger partial charge in [-0.2, -0.15) is 0 Å². The van der Waals surface area contributed by atoms with Crippen molar-refractivity contribution in [1.82, 2.24) is 14.5 Å². The minimum absolute atomic E-state index is 0.0931. The molecule has 0 radical (unpaired) electrons. The van der Waals surface area contributed by atoms with Crippen molar-refractivity contribution in [1.29, 1.82) is 0 Å². The smallest absolute Gasteiger partial charge is 0.223 e. The molecule has 1 N–H and O–H groups in total. The first-order valence-electron chi connectivity index (χ1n) is 11.7. The first-order valence-corrected chi connectivity index (χ1v) is 12.1. The van der Waals surface area contributed by atoms with Crippen molar-refractivity contribution in [3.8, 4) is 11.3 Å². The predicted octanol–water partition coefficient (Wildman–Crippen LogP) is 6.37. The number of hydrogen-bond donors (Lipinski definition) is 1. The standard InChI is InChI=1S/C28H26ClFN4O/c1-19-5-12-24(13-6-19)31-28-27(21-8-10-23(30)11-9-21)32-25-18-33(15-16-34(25)28)26(35)14-7-20-3-2-4-22(29)17-20/h2-6,8-13,17,31H,7,14-16,18H2,1H3. The molecule has 1 amide bonds. The van der Waals surface area contributed by atoms with Gasteiger partial charge in [0.1, 0.15) is 23.2 Å². The van der Waals surface area contributed by atoms with Gasteiger partial charge in [-0.25, -0.2) is 9.37 Å². The number of fused-ring (bicyclic) bond motifs is 1. The number of imidazole rings is 1. The molecular weight excluding hydrogens is 463 g/mol. The van der Waals surface area contributed by atoms with Crippen LogP contribution in [0.25, 0.3) is 11.3 Å². The van der Waals surface area contributed by atoms with Gasteiger partial charge >= 0.3 is 0 Å². The van der Waals surface area contributed by atoms with Gasteiger partial charge in [0.05, 0.1) is 6.54 Å². The molecular formula is C28H26ClFN4O. The van der Waals surface area contributed by atoms with Gasteiger partial charge in [0.25, 0.3) is 0 Å². The molecule has 5 rings (SSSR count). The van der Waals surface area contributed by atoms with Crippen molar-refractivity contribution < 1.29 is 9.18 Å². The number of halogens is 2. The second kappa shape index (κ2) is 9.92. The fourth-order valence-corrected chi connectivity index (χ4v) is 4.57. The Morgan fingerprint density at radius 2 is 1.83 bits per heavy atom. The summed E-state index contributed by atoms with van der Waals surface area (Å²) in [5, 5.41) is 4.19. The molecule has 0 saturated carbocycles. The van der Waals surface area contributed by atoms with Crippen LogP contribution in [0.3, 0.4) is 0 Å². The van der Waals surface area contributed by atoms with Gasteiger partial charge in [-0.3, -0.25) is 4.79 Å². The minimum Gasteiger partial charge on any atom is -0.340 e. The maximum atomic E-state index is 13.6. The first kappa shape index (κ1) is 23.1. The molecule has 0 spiro atoms. The summed E-state index contributed by atoms with van der Waals surface area (Å²) in [7, 11) is 0. The summed E-state index contributed by atoms with van der Waals surface area (Å²) >= 11 is 6.07. The zero-order valence-corrected chi connectivity index (χ0v) is 20.2. The van der Waals surface area contributed by atoms with Crippen molar-refractivity contribution >= 4 is 29.0 Å². The monoisotopic (exact) mass is 488 g/mol. The minimum atomic E-state index is -0.290. The van der Waals surface area contributed by atoms with E-state index in [2.05, 4.69) is 9.88 Å². The van der Waals surface area contributed by atoms with E-state index in [1.165, 1.54) is 17.7 Å². The van der Waals surface area contributed by atoms with E-state index in [9.17, 15) is 9.18 Å². The van der Waals surface area contributed by atoms with Gasteiger partial charge in [-0.05, 0) is 67.4 Å². The van der Waals surface area contributed by atoms with Gasteiger partial charge in [0, 0.05) is 35.8 Å². The summed E-state index contributed by atoms with van der Waals surface area (Å²) in [4.78, 5) is 19.7. The molecule has 3 aromatic carbocycles. The predicted molar refractivity (Wildman–Crippen MR) is 137 cm³/mol. The summed E-state index contributed by atoms with van der Waals surface area (Å²) in [6.07, 6.45) is 1.06. The van der Waals surface area contributed by atoms with Crippen LogP contribution < -0.4 is 5.32 Å². The number of nitrogens with zero attached hydrogens (tertiary/aromatic N) is 3. The third kappa shape index (κ3) is 5.23. The molecule has 0 unspecified atom stereocenters. The highest BCUT2D eigenvalue weighted by Crippen LogP contribution is 2.33. The van der Waals surface area contributed by atoms with Crippen molar-refractivity contribution in [2.75, 3.05) is 11.9 Å². The molecule has 1 aromatic heterocycles. The Kier molecular flexibility index (Phi) is 6.55. The fourth-order valence-electron chi connectivity index (χ4n) is 4.36. The molecule has 1 aliphatic heterocycles. The Morgan fingerprint density at radius 1 is 1.06 bits per heavy atom. The van der Waals surface area contributed by atoms with Crippen LogP contribution in [0.4, 0.5) is 15.9 Å². The Hall–Kier alpha value is -3.64. The molecule has 0 fully saturated rings. The zero-order chi connectivity index (χ0) is 24.4. The highest BCUT2D eigenvalue weighted by Gasteiger charge is 2.27. The van der Waals surface area contributed by atoms with Crippen LogP contribution in [0.5, 0.6) is 0 Å². The second-order valence-electron chi connectivity index (χ2n) is 8.82. The van der Waals surface area contributed by atoms with E-state index >= 15 is 0 Å². The molecule has 1 aliphatic rings. The lowest BCUT2D eigenvalue weighted by atomic mass is 10.1. The van der Waals surface area contributed by atoms with Gasteiger partial charge in [0.2, 0.25) is 5.91 Å². The average molecular weight is 489 g/mol. The highest BCUT2D eigenvalue weighted by molar-refractivity contribution is 6.30. The number of anilines is 2. The number of nitrogens with one attached hydrogen (secondary N) is 1. The van der Waals surface area contributed by atoms with Crippen LogP contribution in [-0.2, 0) is 24.3 Å². The summed E-state index contributed by atoms with van der Waals surface area (Å²) in [5.74, 6) is 1.46. The van der Waals surface area contributed by atoms with Crippen molar-refractivity contribution in [2.45, 2.75) is 32.9 Å². The van der Waals surface area contributed by atoms with Crippen LogP contribution >= 0.6 is 11.6 Å². The lowest BCUT2D eigenvalue weighted by Gasteiger charge is -2.28. The van der Waals surface area contributed by atoms with E-state index < -0.39 is 0 Å². The topological polar surface area (TPSA) is 50.2 Å². The SMILES string of the molecule is Cc1ccc(Nc2c(-c3ccc(F)cc3)nc3n2CCN(C(=O)CCc2cccc(Cl)c2)C3)cc1. The molecule has 0 atom stereocenters. The highest BCUT2D eigenvalue weighted by atomic mass is 35.5. The molecule has 0 bridgehead atoms. The lowest BCUT2D eigenvalue weighted by Crippen LogP contribution is -2.38. The number of carbonyl (C=O) groups is 1. The Morgan fingerprint density at radius 3 is 2.57 bits per heavy atom. The lowest BCUT2D eigenvalue weighted by molar-refractivity contribution is -0.132. The maximum absolute atomic E-state index is 13.6. The Labute approximate surface area is 209 Å². The molecule has 7 heteroatoms. The van der Waals surface area contributed by atoms with E-state index in [0.29, 0.717) is 37.5 Å². The Bertz CT molecular complexity index is 1350. The molecule has 35 heavy (non-hydrogen) atoms. The van der Waals surface area contributed by atoms with Gasteiger partial charge < -0.3 is 14.8 Å². The zero-order valence-electron chi connectivity index (χ0n) is 19.5. The Balaban J connectivity index is 1.39. The number of amides is 1. The molecule has 178 valence electrons. The van der Waals surface area contributed by atoms with Crippen molar-refractivity contribution in [3.05, 3.63) is 101 Å². The number of carbonyl (C=O) groups excluding carboxylic acids is 1. The summed E-state index contributed by atoms with van der Waals surface area (Å²) < 4.78 is 15.7. The number of benzene rings is 3. The summed E-state index contributed by atoms with van der Waals surface area (Å²) in [6, 6.07) is 22.1. The third-order valence-electron chi connectivity index (χ3n) is 6.27. The van der Waals surface area contributed by atoms with E-state index in [4.69, 9.17) is 16.6 Å². The molecule has 2 heterocycles. The van der Waals surface area contributed by atoms with Gasteiger partial charge in [-0.1, -0.05) is 41.4 Å². The molecule has 0 aliphatic carbocycles. The van der Waals surface area contributed by atoms with Gasteiger partial charge in [-0.15, -0.1) is 0 Å². The molecule has 4 aromatic rings. The van der Waals surface area contributed by atoms with Crippen LogP contribution in [0, 0.1) is 12.7 Å². The van der Waals surface area contributed by atoms with E-state index in [1.54, 1.807) is 12.1 Å². The van der Waals surface area contributed by atoms with Crippen molar-refractivity contribution in [2.24, 2.45) is 0 Å². The van der Waals surface area contributed by atoms with Crippen LogP contribution in [0.15, 0.2) is 72.8 Å². The van der Waals surface area contributed by atoms with Crippen LogP contribution in [0.2, 0.25) is 5.02 Å². The first-order chi connectivity index (χ1) is 17.0. The average Bonchev–Trinajstić information content (AvgIpc) is 3.22. The van der Waals surface area contributed by atoms with E-state index in [0.717, 1.165) is 34.2 Å². The number of rotatable bonds is 6. The fraction of sp³-hybridized carbons (Fsp3) is 0.214. The van der Waals surface area contributed by atoms with Crippen LogP contribution in [0.1, 0.15) is 23.4 Å². The maximum Gasteiger partial charge on any atom is 0.223 e. The largest absolute Gasteiger partial charge is 0.340 e.